The number of benzene rings is 3. The van der Waals surface area contributed by atoms with Crippen LogP contribution >= 0.6 is 0 Å². The van der Waals surface area contributed by atoms with Crippen molar-refractivity contribution in [1.82, 2.24) is 15.6 Å². The van der Waals surface area contributed by atoms with E-state index in [9.17, 15) is 4.79 Å². The van der Waals surface area contributed by atoms with Crippen LogP contribution in [-0.4, -0.2) is 30.5 Å². The maximum absolute atomic E-state index is 12.6. The second kappa shape index (κ2) is 10.6. The summed E-state index contributed by atoms with van der Waals surface area (Å²) < 4.78 is 0. The molecule has 0 saturated carbocycles. The van der Waals surface area contributed by atoms with E-state index >= 15 is 0 Å². The zero-order valence-corrected chi connectivity index (χ0v) is 18.3. The Bertz CT molecular complexity index is 1190. The highest BCUT2D eigenvalue weighted by molar-refractivity contribution is 5.96. The first-order valence-electron chi connectivity index (χ1n) is 11.0. The number of carbonyl (C=O) groups excluding carboxylic acids is 1. The van der Waals surface area contributed by atoms with Crippen LogP contribution in [0.15, 0.2) is 84.9 Å². The molecule has 0 spiro atoms. The lowest BCUT2D eigenvalue weighted by Gasteiger charge is -2.12. The third kappa shape index (κ3) is 5.71. The zero-order valence-electron chi connectivity index (χ0n) is 18.3. The molecule has 1 aromatic heterocycles. The van der Waals surface area contributed by atoms with Crippen LogP contribution in [0.1, 0.15) is 21.6 Å². The molecule has 0 aliphatic carbocycles. The van der Waals surface area contributed by atoms with Crippen molar-refractivity contribution in [3.05, 3.63) is 102 Å². The Morgan fingerprint density at radius 3 is 2.53 bits per heavy atom. The monoisotopic (exact) mass is 424 g/mol. The summed E-state index contributed by atoms with van der Waals surface area (Å²) in [7, 11) is 0. The van der Waals surface area contributed by atoms with E-state index in [0.29, 0.717) is 12.1 Å². The number of rotatable bonds is 9. The number of para-hydroxylation sites is 1. The van der Waals surface area contributed by atoms with Crippen LogP contribution in [0.2, 0.25) is 0 Å². The average molecular weight is 425 g/mol. The minimum Gasteiger partial charge on any atom is -0.355 e. The van der Waals surface area contributed by atoms with Crippen molar-refractivity contribution in [2.24, 2.45) is 0 Å². The number of anilines is 2. The van der Waals surface area contributed by atoms with Crippen molar-refractivity contribution < 1.29 is 4.79 Å². The molecule has 4 rings (SSSR count). The minimum atomic E-state index is -0.0747. The molecule has 4 aromatic rings. The lowest BCUT2D eigenvalue weighted by Crippen LogP contribution is -2.32. The van der Waals surface area contributed by atoms with Crippen molar-refractivity contribution in [3.8, 4) is 0 Å². The Morgan fingerprint density at radius 2 is 1.66 bits per heavy atom. The van der Waals surface area contributed by atoms with Gasteiger partial charge in [-0.3, -0.25) is 9.78 Å². The van der Waals surface area contributed by atoms with Gasteiger partial charge < -0.3 is 16.0 Å². The van der Waals surface area contributed by atoms with Crippen LogP contribution in [0.3, 0.4) is 0 Å². The summed E-state index contributed by atoms with van der Waals surface area (Å²) in [5.41, 5.74) is 5.69. The van der Waals surface area contributed by atoms with Gasteiger partial charge in [0.2, 0.25) is 0 Å². The molecule has 5 heteroatoms. The quantitative estimate of drug-likeness (QED) is 0.336. The summed E-state index contributed by atoms with van der Waals surface area (Å²) in [4.78, 5) is 17.2. The minimum absolute atomic E-state index is 0.0747. The zero-order chi connectivity index (χ0) is 22.2. The van der Waals surface area contributed by atoms with Crippen LogP contribution in [0, 0.1) is 6.92 Å². The number of nitrogens with zero attached hydrogens (tertiary/aromatic N) is 1. The molecular formula is C27H28N4O. The molecule has 0 aliphatic heterocycles. The van der Waals surface area contributed by atoms with Crippen LogP contribution < -0.4 is 16.0 Å². The second-order valence-electron chi connectivity index (χ2n) is 7.78. The van der Waals surface area contributed by atoms with Crippen molar-refractivity contribution in [3.63, 3.8) is 0 Å². The van der Waals surface area contributed by atoms with Crippen molar-refractivity contribution in [1.29, 1.82) is 0 Å². The van der Waals surface area contributed by atoms with Gasteiger partial charge in [0.1, 0.15) is 0 Å². The summed E-state index contributed by atoms with van der Waals surface area (Å²) in [6, 6.07) is 28.0. The number of fused-ring (bicyclic) bond motifs is 1. The molecule has 0 unspecified atom stereocenters. The summed E-state index contributed by atoms with van der Waals surface area (Å²) >= 11 is 0. The van der Waals surface area contributed by atoms with E-state index in [-0.39, 0.29) is 5.91 Å². The highest BCUT2D eigenvalue weighted by Crippen LogP contribution is 2.26. The van der Waals surface area contributed by atoms with E-state index in [4.69, 9.17) is 0 Å². The van der Waals surface area contributed by atoms with Gasteiger partial charge in [-0.05, 0) is 55.8 Å². The Morgan fingerprint density at radius 1 is 0.844 bits per heavy atom. The number of carbonyl (C=O) groups is 1. The van der Waals surface area contributed by atoms with Crippen LogP contribution in [0.5, 0.6) is 0 Å². The number of amides is 1. The van der Waals surface area contributed by atoms with Gasteiger partial charge >= 0.3 is 0 Å². The normalized spacial score (nSPS) is 10.8. The van der Waals surface area contributed by atoms with Gasteiger partial charge in [-0.15, -0.1) is 0 Å². The van der Waals surface area contributed by atoms with Crippen molar-refractivity contribution in [2.75, 3.05) is 25.0 Å². The number of pyridine rings is 1. The number of nitrogens with one attached hydrogen (secondary N) is 3. The van der Waals surface area contributed by atoms with E-state index in [1.165, 1.54) is 5.56 Å². The lowest BCUT2D eigenvalue weighted by atomic mass is 10.1. The van der Waals surface area contributed by atoms with E-state index in [0.717, 1.165) is 47.5 Å². The van der Waals surface area contributed by atoms with Gasteiger partial charge in [-0.2, -0.15) is 0 Å². The fourth-order valence-corrected chi connectivity index (χ4v) is 3.67. The predicted molar refractivity (Wildman–Crippen MR) is 132 cm³/mol. The average Bonchev–Trinajstić information content (AvgIpc) is 2.82. The van der Waals surface area contributed by atoms with Gasteiger partial charge in [-0.25, -0.2) is 0 Å². The second-order valence-corrected chi connectivity index (χ2v) is 7.78. The summed E-state index contributed by atoms with van der Waals surface area (Å²) in [5, 5.41) is 10.9. The molecule has 0 saturated heterocycles. The molecule has 32 heavy (non-hydrogen) atoms. The lowest BCUT2D eigenvalue weighted by molar-refractivity contribution is 0.0954. The molecule has 3 N–H and O–H groups in total. The van der Waals surface area contributed by atoms with E-state index < -0.39 is 0 Å². The van der Waals surface area contributed by atoms with Crippen LogP contribution in [-0.2, 0) is 6.42 Å². The summed E-state index contributed by atoms with van der Waals surface area (Å²) in [6.45, 7) is 4.19. The van der Waals surface area contributed by atoms with Crippen molar-refractivity contribution >= 4 is 28.2 Å². The molecule has 0 fully saturated rings. The maximum Gasteiger partial charge on any atom is 0.251 e. The summed E-state index contributed by atoms with van der Waals surface area (Å²) in [5.74, 6) is -0.0747. The van der Waals surface area contributed by atoms with Crippen molar-refractivity contribution in [2.45, 2.75) is 13.3 Å². The molecule has 1 amide bonds. The van der Waals surface area contributed by atoms with E-state index in [1.807, 2.05) is 67.6 Å². The molecular weight excluding hydrogens is 396 g/mol. The first-order valence-corrected chi connectivity index (χ1v) is 11.0. The van der Waals surface area contributed by atoms with E-state index in [2.05, 4.69) is 45.2 Å². The van der Waals surface area contributed by atoms with Gasteiger partial charge in [0.25, 0.3) is 5.91 Å². The Kier molecular flexibility index (Phi) is 7.10. The largest absolute Gasteiger partial charge is 0.355 e. The van der Waals surface area contributed by atoms with E-state index in [1.54, 1.807) is 0 Å². The van der Waals surface area contributed by atoms with Gasteiger partial charge in [-0.1, -0.05) is 54.6 Å². The molecule has 0 bridgehead atoms. The van der Waals surface area contributed by atoms with Gasteiger partial charge in [0, 0.05) is 41.1 Å². The molecule has 5 nitrogen and oxygen atoms in total. The van der Waals surface area contributed by atoms with Gasteiger partial charge in [0.15, 0.2) is 0 Å². The molecule has 0 radical (unpaired) electrons. The fraction of sp³-hybridized carbons (Fsp3) is 0.185. The standard InChI is InChI=1S/C27H28N4O/c1-20-18-26(24-12-5-6-13-25(24)30-20)31-23-11-7-10-22(19-23)27(32)29-17-16-28-15-14-21-8-3-2-4-9-21/h2-13,18-19,28H,14-17H2,1H3,(H,29,32)(H,30,31). The molecule has 3 aromatic carbocycles. The SMILES string of the molecule is Cc1cc(Nc2cccc(C(=O)NCCNCCc3ccccc3)c2)c2ccccc2n1. The number of aryl methyl sites for hydroxylation is 1. The number of hydrogen-bond acceptors (Lipinski definition) is 4. The first kappa shape index (κ1) is 21.5. The smallest absolute Gasteiger partial charge is 0.251 e. The number of aromatic nitrogens is 1. The Labute approximate surface area is 188 Å². The number of hydrogen-bond donors (Lipinski definition) is 3. The molecule has 1 heterocycles. The maximum atomic E-state index is 12.6. The fourth-order valence-electron chi connectivity index (χ4n) is 3.67. The third-order valence-corrected chi connectivity index (χ3v) is 5.27. The van der Waals surface area contributed by atoms with Gasteiger partial charge in [0.05, 0.1) is 5.52 Å². The molecule has 0 aliphatic rings. The van der Waals surface area contributed by atoms with Crippen LogP contribution in [0.4, 0.5) is 11.4 Å². The predicted octanol–water partition coefficient (Wildman–Crippen LogP) is 4.85. The highest BCUT2D eigenvalue weighted by Gasteiger charge is 2.08. The molecule has 162 valence electrons. The first-order chi connectivity index (χ1) is 15.7. The topological polar surface area (TPSA) is 66.1 Å². The Balaban J connectivity index is 1.30. The third-order valence-electron chi connectivity index (χ3n) is 5.27. The summed E-state index contributed by atoms with van der Waals surface area (Å²) in [6.07, 6.45) is 0.978. The highest BCUT2D eigenvalue weighted by atomic mass is 16.1. The Hall–Kier alpha value is -3.70. The molecule has 0 atom stereocenters. The van der Waals surface area contributed by atoms with Crippen LogP contribution in [0.25, 0.3) is 10.9 Å².